The summed E-state index contributed by atoms with van der Waals surface area (Å²) in [6.45, 7) is 3.76. The number of aromatic nitrogens is 2. The van der Waals surface area contributed by atoms with Crippen LogP contribution in [0.2, 0.25) is 10.3 Å². The molecule has 1 N–H and O–H groups in total. The van der Waals surface area contributed by atoms with Gasteiger partial charge in [-0.05, 0) is 43.2 Å². The number of benzene rings is 1. The number of aromatic hydroxyl groups is 1. The molecule has 5 nitrogen and oxygen atoms in total. The van der Waals surface area contributed by atoms with Crippen LogP contribution < -0.4 is 4.74 Å². The predicted molar refractivity (Wildman–Crippen MR) is 124 cm³/mol. The van der Waals surface area contributed by atoms with Gasteiger partial charge in [-0.15, -0.1) is 11.6 Å². The first-order valence-electron chi connectivity index (χ1n) is 9.61. The highest BCUT2D eigenvalue weighted by molar-refractivity contribution is 6.29. The standard InChI is InChI=1S/C17H18ClNO3.C6H5Cl2N/c1-3-4-14-15(7-6-13(11(2)20)17(14)21)22-10-12-5-8-16(18)19-9-12;7-3-5-1-2-6(8)9-4-5/h5-9,21H,3-4,10H2,1-2H3;1-2,4H,3H2. The zero-order valence-corrected chi connectivity index (χ0v) is 19.5. The van der Waals surface area contributed by atoms with E-state index < -0.39 is 0 Å². The van der Waals surface area contributed by atoms with Crippen LogP contribution >= 0.6 is 34.8 Å². The molecule has 0 amide bonds. The van der Waals surface area contributed by atoms with Gasteiger partial charge in [0.2, 0.25) is 0 Å². The van der Waals surface area contributed by atoms with Crippen molar-refractivity contribution in [2.75, 3.05) is 0 Å². The lowest BCUT2D eigenvalue weighted by Crippen LogP contribution is -2.02. The molecule has 2 heterocycles. The number of nitrogens with zero attached hydrogens (tertiary/aromatic N) is 2. The summed E-state index contributed by atoms with van der Waals surface area (Å²) in [5.41, 5.74) is 2.85. The summed E-state index contributed by atoms with van der Waals surface area (Å²) in [6.07, 6.45) is 4.79. The first-order valence-corrected chi connectivity index (χ1v) is 10.9. The van der Waals surface area contributed by atoms with Gasteiger partial charge < -0.3 is 9.84 Å². The maximum Gasteiger partial charge on any atom is 0.163 e. The smallest absolute Gasteiger partial charge is 0.163 e. The van der Waals surface area contributed by atoms with E-state index in [1.165, 1.54) is 6.92 Å². The topological polar surface area (TPSA) is 72.3 Å². The van der Waals surface area contributed by atoms with Crippen LogP contribution in [0.15, 0.2) is 48.8 Å². The molecule has 1 aromatic carbocycles. The van der Waals surface area contributed by atoms with Crippen LogP contribution in [0, 0.1) is 0 Å². The van der Waals surface area contributed by atoms with Crippen molar-refractivity contribution in [3.8, 4) is 11.5 Å². The monoisotopic (exact) mass is 480 g/mol. The molecule has 0 aliphatic rings. The average molecular weight is 482 g/mol. The number of hydrogen-bond acceptors (Lipinski definition) is 5. The predicted octanol–water partition coefficient (Wildman–Crippen LogP) is 6.65. The summed E-state index contributed by atoms with van der Waals surface area (Å²) in [4.78, 5) is 19.4. The van der Waals surface area contributed by atoms with Crippen molar-refractivity contribution in [2.45, 2.75) is 39.2 Å². The van der Waals surface area contributed by atoms with Crippen molar-refractivity contribution in [1.29, 1.82) is 0 Å². The molecule has 0 fully saturated rings. The lowest BCUT2D eigenvalue weighted by Gasteiger charge is -2.14. The number of hydrogen-bond donors (Lipinski definition) is 1. The Bertz CT molecular complexity index is 994. The SMILES string of the molecule is CCCc1c(OCc2ccc(Cl)nc2)ccc(C(C)=O)c1O.ClCc1ccc(Cl)nc1. The molecule has 3 rings (SSSR count). The highest BCUT2D eigenvalue weighted by Gasteiger charge is 2.15. The highest BCUT2D eigenvalue weighted by atomic mass is 35.5. The number of phenols is 1. The van der Waals surface area contributed by atoms with Gasteiger partial charge in [-0.25, -0.2) is 9.97 Å². The number of ketones is 1. The summed E-state index contributed by atoms with van der Waals surface area (Å²) in [5, 5.41) is 11.2. The minimum Gasteiger partial charge on any atom is -0.507 e. The lowest BCUT2D eigenvalue weighted by molar-refractivity contribution is 0.101. The average Bonchev–Trinajstić information content (AvgIpc) is 2.76. The van der Waals surface area contributed by atoms with E-state index in [2.05, 4.69) is 9.97 Å². The van der Waals surface area contributed by atoms with Crippen LogP contribution in [0.25, 0.3) is 0 Å². The third-order valence-corrected chi connectivity index (χ3v) is 5.00. The van der Waals surface area contributed by atoms with Crippen LogP contribution in [0.1, 0.15) is 47.3 Å². The van der Waals surface area contributed by atoms with Crippen LogP contribution in [0.4, 0.5) is 0 Å². The van der Waals surface area contributed by atoms with Gasteiger partial charge in [-0.2, -0.15) is 0 Å². The third-order valence-electron chi connectivity index (χ3n) is 4.24. The van der Waals surface area contributed by atoms with Gasteiger partial charge in [-0.1, -0.05) is 48.7 Å². The third kappa shape index (κ3) is 7.69. The molecule has 0 saturated heterocycles. The Kier molecular flexibility index (Phi) is 10.0. The van der Waals surface area contributed by atoms with Gasteiger partial charge in [0, 0.05) is 29.4 Å². The number of carbonyl (C=O) groups excluding carboxylic acids is 1. The van der Waals surface area contributed by atoms with Gasteiger partial charge in [0.1, 0.15) is 28.4 Å². The highest BCUT2D eigenvalue weighted by Crippen LogP contribution is 2.33. The molecule has 3 aromatic rings. The number of phenolic OH excluding ortho intramolecular Hbond substituents is 1. The quantitative estimate of drug-likeness (QED) is 0.232. The van der Waals surface area contributed by atoms with E-state index in [4.69, 9.17) is 39.5 Å². The van der Waals surface area contributed by atoms with E-state index >= 15 is 0 Å². The van der Waals surface area contributed by atoms with Crippen molar-refractivity contribution in [2.24, 2.45) is 0 Å². The van der Waals surface area contributed by atoms with Crippen molar-refractivity contribution >= 4 is 40.6 Å². The number of alkyl halides is 1. The van der Waals surface area contributed by atoms with E-state index in [0.717, 1.165) is 17.5 Å². The zero-order valence-electron chi connectivity index (χ0n) is 17.2. The fourth-order valence-electron chi connectivity index (χ4n) is 2.67. The molecule has 0 unspecified atom stereocenters. The maximum absolute atomic E-state index is 11.5. The van der Waals surface area contributed by atoms with Crippen molar-refractivity contribution in [1.82, 2.24) is 9.97 Å². The minimum atomic E-state index is -0.164. The van der Waals surface area contributed by atoms with E-state index in [0.29, 0.717) is 46.1 Å². The Labute approximate surface area is 197 Å². The Morgan fingerprint density at radius 3 is 2.10 bits per heavy atom. The fraction of sp³-hybridized carbons (Fsp3) is 0.261. The molecular formula is C23H23Cl3N2O3. The Morgan fingerprint density at radius 1 is 1.00 bits per heavy atom. The lowest BCUT2D eigenvalue weighted by atomic mass is 10.0. The number of halogens is 3. The second-order valence-electron chi connectivity index (χ2n) is 6.65. The molecule has 2 aromatic heterocycles. The van der Waals surface area contributed by atoms with E-state index in [9.17, 15) is 9.90 Å². The van der Waals surface area contributed by atoms with Crippen LogP contribution in [-0.4, -0.2) is 20.9 Å². The van der Waals surface area contributed by atoms with E-state index in [-0.39, 0.29) is 11.5 Å². The molecule has 0 spiro atoms. The summed E-state index contributed by atoms with van der Waals surface area (Å²) in [5.74, 6) is 0.924. The second-order valence-corrected chi connectivity index (χ2v) is 7.69. The largest absolute Gasteiger partial charge is 0.507 e. The zero-order chi connectivity index (χ0) is 22.8. The van der Waals surface area contributed by atoms with Crippen LogP contribution in [0.3, 0.4) is 0 Å². The number of pyridine rings is 2. The van der Waals surface area contributed by atoms with Crippen molar-refractivity contribution in [3.05, 3.63) is 81.4 Å². The molecule has 0 aliphatic heterocycles. The van der Waals surface area contributed by atoms with E-state index in [1.54, 1.807) is 36.7 Å². The molecule has 0 radical (unpaired) electrons. The molecule has 0 atom stereocenters. The summed E-state index contributed by atoms with van der Waals surface area (Å²) < 4.78 is 5.78. The molecule has 31 heavy (non-hydrogen) atoms. The first kappa shape index (κ1) is 24.9. The number of rotatable bonds is 7. The Morgan fingerprint density at radius 2 is 1.61 bits per heavy atom. The molecule has 8 heteroatoms. The van der Waals surface area contributed by atoms with Gasteiger partial charge in [0.15, 0.2) is 5.78 Å². The summed E-state index contributed by atoms with van der Waals surface area (Å²) in [6, 6.07) is 10.4. The fourth-order valence-corrected chi connectivity index (χ4v) is 3.05. The molecule has 164 valence electrons. The van der Waals surface area contributed by atoms with Gasteiger partial charge in [0.25, 0.3) is 0 Å². The molecule has 0 bridgehead atoms. The minimum absolute atomic E-state index is 0.0149. The maximum atomic E-state index is 11.5. The number of carbonyl (C=O) groups is 1. The molecule has 0 saturated carbocycles. The van der Waals surface area contributed by atoms with Crippen LogP contribution in [-0.2, 0) is 18.9 Å². The Balaban J connectivity index is 0.000000316. The summed E-state index contributed by atoms with van der Waals surface area (Å²) in [7, 11) is 0. The first-order chi connectivity index (χ1) is 14.8. The van der Waals surface area contributed by atoms with Crippen molar-refractivity contribution in [3.63, 3.8) is 0 Å². The van der Waals surface area contributed by atoms with E-state index in [1.807, 2.05) is 19.1 Å². The second kappa shape index (κ2) is 12.5. The van der Waals surface area contributed by atoms with Gasteiger partial charge >= 0.3 is 0 Å². The van der Waals surface area contributed by atoms with Gasteiger partial charge in [-0.3, -0.25) is 4.79 Å². The Hall–Kier alpha value is -2.34. The summed E-state index contributed by atoms with van der Waals surface area (Å²) >= 11 is 16.8. The molecular weight excluding hydrogens is 459 g/mol. The number of Topliss-reactive ketones (excluding diaryl/α,β-unsaturated/α-hetero) is 1. The molecule has 0 aliphatic carbocycles. The van der Waals surface area contributed by atoms with Gasteiger partial charge in [0.05, 0.1) is 5.56 Å². The van der Waals surface area contributed by atoms with Crippen LogP contribution in [0.5, 0.6) is 11.5 Å². The number of ether oxygens (including phenoxy) is 1. The normalized spacial score (nSPS) is 10.2. The van der Waals surface area contributed by atoms with Crippen molar-refractivity contribution < 1.29 is 14.6 Å².